The molecule has 108 valence electrons. The maximum atomic E-state index is 13.6. The minimum absolute atomic E-state index is 0.0258. The lowest BCUT2D eigenvalue weighted by atomic mass is 10.1. The van der Waals surface area contributed by atoms with Crippen LogP contribution in [0.1, 0.15) is 30.8 Å². The molecule has 0 bridgehead atoms. The summed E-state index contributed by atoms with van der Waals surface area (Å²) in [5.74, 6) is -3.79. The molecule has 1 aromatic carbocycles. The number of hydrogen-bond acceptors (Lipinski definition) is 3. The van der Waals surface area contributed by atoms with Crippen molar-refractivity contribution in [2.75, 3.05) is 0 Å². The van der Waals surface area contributed by atoms with Crippen LogP contribution in [0.3, 0.4) is 0 Å². The Balaban J connectivity index is 2.22. The molecule has 0 amide bonds. The topological polar surface area (TPSA) is 50.9 Å². The number of aliphatic hydroxyl groups is 1. The van der Waals surface area contributed by atoms with Gasteiger partial charge >= 0.3 is 0 Å². The molecule has 0 aliphatic carbocycles. The molecule has 7 heteroatoms. The fraction of sp³-hybridized carbons (Fsp3) is 0.385. The summed E-state index contributed by atoms with van der Waals surface area (Å²) in [4.78, 5) is 3.97. The van der Waals surface area contributed by atoms with Crippen LogP contribution in [0.5, 0.6) is 0 Å². The molecule has 20 heavy (non-hydrogen) atoms. The van der Waals surface area contributed by atoms with Gasteiger partial charge in [0.05, 0.1) is 6.10 Å². The van der Waals surface area contributed by atoms with Crippen LogP contribution >= 0.6 is 0 Å². The van der Waals surface area contributed by atoms with Gasteiger partial charge in [0.1, 0.15) is 12.2 Å². The number of halogens is 3. The Kier molecular flexibility index (Phi) is 4.39. The second-order valence-corrected chi connectivity index (χ2v) is 4.38. The number of aliphatic hydroxyl groups excluding tert-OH is 1. The first-order valence-electron chi connectivity index (χ1n) is 6.22. The van der Waals surface area contributed by atoms with Gasteiger partial charge in [0.25, 0.3) is 0 Å². The molecule has 2 rings (SSSR count). The first-order chi connectivity index (χ1) is 9.54. The molecule has 1 unspecified atom stereocenters. The van der Waals surface area contributed by atoms with Crippen molar-refractivity contribution in [3.8, 4) is 0 Å². The third-order valence-electron chi connectivity index (χ3n) is 2.93. The maximum absolute atomic E-state index is 13.6. The van der Waals surface area contributed by atoms with Crippen LogP contribution in [0.2, 0.25) is 0 Å². The van der Waals surface area contributed by atoms with Gasteiger partial charge in [-0.05, 0) is 12.5 Å². The largest absolute Gasteiger partial charge is 0.388 e. The molecular weight excluding hydrogens is 271 g/mol. The highest BCUT2D eigenvalue weighted by atomic mass is 19.2. The number of rotatable bonds is 5. The van der Waals surface area contributed by atoms with E-state index in [2.05, 4.69) is 10.1 Å². The molecule has 0 saturated heterocycles. The van der Waals surface area contributed by atoms with Gasteiger partial charge in [0, 0.05) is 18.5 Å². The minimum Gasteiger partial charge on any atom is -0.388 e. The van der Waals surface area contributed by atoms with E-state index in [1.54, 1.807) is 4.68 Å². The Morgan fingerprint density at radius 3 is 2.70 bits per heavy atom. The van der Waals surface area contributed by atoms with Crippen LogP contribution in [0.4, 0.5) is 13.2 Å². The highest BCUT2D eigenvalue weighted by Gasteiger charge is 2.21. The van der Waals surface area contributed by atoms with Crippen LogP contribution in [0, 0.1) is 17.5 Å². The van der Waals surface area contributed by atoms with E-state index < -0.39 is 23.6 Å². The Bertz CT molecular complexity index is 601. The Morgan fingerprint density at radius 1 is 1.25 bits per heavy atom. The standard InChI is InChI=1S/C13H14F3N3O/c1-2-5-19-11(17-7-18-19)6-10(20)8-3-4-9(14)13(16)12(8)15/h3-4,7,10,20H,2,5-6H2,1H3. The third-order valence-corrected chi connectivity index (χ3v) is 2.93. The first-order valence-corrected chi connectivity index (χ1v) is 6.22. The molecule has 1 aromatic heterocycles. The second-order valence-electron chi connectivity index (χ2n) is 4.38. The maximum Gasteiger partial charge on any atom is 0.194 e. The van der Waals surface area contributed by atoms with Gasteiger partial charge in [0.15, 0.2) is 17.5 Å². The lowest BCUT2D eigenvalue weighted by Gasteiger charge is -2.12. The van der Waals surface area contributed by atoms with Crippen molar-refractivity contribution in [3.05, 3.63) is 47.3 Å². The van der Waals surface area contributed by atoms with Crippen molar-refractivity contribution in [2.45, 2.75) is 32.4 Å². The molecule has 0 radical (unpaired) electrons. The minimum atomic E-state index is -1.59. The van der Waals surface area contributed by atoms with Gasteiger partial charge in [-0.2, -0.15) is 5.10 Å². The summed E-state index contributed by atoms with van der Waals surface area (Å²) in [6.45, 7) is 2.57. The number of benzene rings is 1. The SMILES string of the molecule is CCCn1ncnc1CC(O)c1ccc(F)c(F)c1F. The number of aromatic nitrogens is 3. The van der Waals surface area contributed by atoms with Gasteiger partial charge in [0.2, 0.25) is 0 Å². The summed E-state index contributed by atoms with van der Waals surface area (Å²) in [7, 11) is 0. The molecule has 2 aromatic rings. The van der Waals surface area contributed by atoms with Crippen LogP contribution < -0.4 is 0 Å². The zero-order valence-electron chi connectivity index (χ0n) is 10.9. The van der Waals surface area contributed by atoms with Crippen LogP contribution in [0.15, 0.2) is 18.5 Å². The fourth-order valence-electron chi connectivity index (χ4n) is 1.93. The van der Waals surface area contributed by atoms with Crippen LogP contribution in [0.25, 0.3) is 0 Å². The molecule has 0 aliphatic rings. The summed E-state index contributed by atoms with van der Waals surface area (Å²) in [6.07, 6.45) is 0.817. The number of hydrogen-bond donors (Lipinski definition) is 1. The van der Waals surface area contributed by atoms with E-state index in [9.17, 15) is 18.3 Å². The third kappa shape index (κ3) is 2.82. The predicted octanol–water partition coefficient (Wildman–Crippen LogP) is 2.38. The van der Waals surface area contributed by atoms with E-state index in [4.69, 9.17) is 0 Å². The molecule has 1 N–H and O–H groups in total. The van der Waals surface area contributed by atoms with E-state index in [1.807, 2.05) is 6.92 Å². The summed E-state index contributed by atoms with van der Waals surface area (Å²) in [5, 5.41) is 13.9. The average Bonchev–Trinajstić information content (AvgIpc) is 2.84. The van der Waals surface area contributed by atoms with Gasteiger partial charge in [-0.3, -0.25) is 4.68 Å². The molecule has 4 nitrogen and oxygen atoms in total. The van der Waals surface area contributed by atoms with E-state index in [-0.39, 0.29) is 12.0 Å². The summed E-state index contributed by atoms with van der Waals surface area (Å²) in [5.41, 5.74) is -0.296. The zero-order valence-corrected chi connectivity index (χ0v) is 10.9. The number of nitrogens with zero attached hydrogens (tertiary/aromatic N) is 3. The molecule has 0 saturated carbocycles. The van der Waals surface area contributed by atoms with Gasteiger partial charge < -0.3 is 5.11 Å². The highest BCUT2D eigenvalue weighted by molar-refractivity contribution is 5.23. The molecule has 1 heterocycles. The summed E-state index contributed by atoms with van der Waals surface area (Å²) in [6, 6.07) is 1.81. The van der Waals surface area contributed by atoms with E-state index in [0.29, 0.717) is 12.4 Å². The average molecular weight is 285 g/mol. The Morgan fingerprint density at radius 2 is 2.00 bits per heavy atom. The molecule has 1 atom stereocenters. The van der Waals surface area contributed by atoms with Crippen LogP contribution in [-0.2, 0) is 13.0 Å². The molecule has 0 spiro atoms. The quantitative estimate of drug-likeness (QED) is 0.858. The zero-order chi connectivity index (χ0) is 14.7. The van der Waals surface area contributed by atoms with Gasteiger partial charge in [-0.25, -0.2) is 18.2 Å². The van der Waals surface area contributed by atoms with E-state index >= 15 is 0 Å². The Labute approximate surface area is 113 Å². The van der Waals surface area contributed by atoms with Gasteiger partial charge in [-0.15, -0.1) is 0 Å². The lowest BCUT2D eigenvalue weighted by molar-refractivity contribution is 0.167. The van der Waals surface area contributed by atoms with E-state index in [0.717, 1.165) is 18.6 Å². The van der Waals surface area contributed by atoms with E-state index in [1.165, 1.54) is 6.33 Å². The second kappa shape index (κ2) is 6.04. The number of aryl methyl sites for hydroxylation is 1. The smallest absolute Gasteiger partial charge is 0.194 e. The molecular formula is C13H14F3N3O. The summed E-state index contributed by atoms with van der Waals surface area (Å²) < 4.78 is 41.1. The normalized spacial score (nSPS) is 12.7. The first kappa shape index (κ1) is 14.5. The predicted molar refractivity (Wildman–Crippen MR) is 65.3 cm³/mol. The van der Waals surface area contributed by atoms with Crippen molar-refractivity contribution in [1.29, 1.82) is 0 Å². The summed E-state index contributed by atoms with van der Waals surface area (Å²) >= 11 is 0. The van der Waals surface area contributed by atoms with Crippen molar-refractivity contribution < 1.29 is 18.3 Å². The van der Waals surface area contributed by atoms with Crippen LogP contribution in [-0.4, -0.2) is 19.9 Å². The lowest BCUT2D eigenvalue weighted by Crippen LogP contribution is -2.12. The van der Waals surface area contributed by atoms with Crippen molar-refractivity contribution in [1.82, 2.24) is 14.8 Å². The van der Waals surface area contributed by atoms with Crippen molar-refractivity contribution >= 4 is 0 Å². The highest BCUT2D eigenvalue weighted by Crippen LogP contribution is 2.23. The monoisotopic (exact) mass is 285 g/mol. The fourth-order valence-corrected chi connectivity index (χ4v) is 1.93. The van der Waals surface area contributed by atoms with Crippen molar-refractivity contribution in [3.63, 3.8) is 0 Å². The Hall–Kier alpha value is -1.89. The molecule has 0 aliphatic heterocycles. The van der Waals surface area contributed by atoms with Gasteiger partial charge in [-0.1, -0.05) is 13.0 Å². The molecule has 0 fully saturated rings. The van der Waals surface area contributed by atoms with Crippen molar-refractivity contribution in [2.24, 2.45) is 0 Å².